The first-order chi connectivity index (χ1) is 8.16. The van der Waals surface area contributed by atoms with Crippen molar-refractivity contribution in [2.45, 2.75) is 26.2 Å². The van der Waals surface area contributed by atoms with E-state index >= 15 is 0 Å². The van der Waals surface area contributed by atoms with Gasteiger partial charge in [-0.1, -0.05) is 11.6 Å². The summed E-state index contributed by atoms with van der Waals surface area (Å²) in [5.74, 6) is 0. The summed E-state index contributed by atoms with van der Waals surface area (Å²) >= 11 is 11.4. The highest BCUT2D eigenvalue weighted by Gasteiger charge is 2.22. The van der Waals surface area contributed by atoms with Crippen LogP contribution in [0.5, 0.6) is 0 Å². The quantitative estimate of drug-likeness (QED) is 0.715. The van der Waals surface area contributed by atoms with Crippen LogP contribution in [0.3, 0.4) is 0 Å². The maximum Gasteiger partial charge on any atom is 0.152 e. The van der Waals surface area contributed by atoms with Crippen molar-refractivity contribution in [3.63, 3.8) is 0 Å². The first-order valence-corrected chi connectivity index (χ1v) is 7.46. The van der Waals surface area contributed by atoms with Crippen molar-refractivity contribution >= 4 is 38.9 Å². The fraction of sp³-hybridized carbons (Fsp3) is 0.333. The number of nitrogens with zero attached hydrogens (tertiary/aromatic N) is 2. The van der Waals surface area contributed by atoms with Crippen molar-refractivity contribution in [1.82, 2.24) is 10.2 Å². The molecule has 17 heavy (non-hydrogen) atoms. The number of aromatic nitrogens is 2. The van der Waals surface area contributed by atoms with Crippen LogP contribution in [0.2, 0.25) is 5.15 Å². The number of hydrogen-bond acceptors (Lipinski definition) is 3. The topological polar surface area (TPSA) is 25.8 Å². The fourth-order valence-corrected chi connectivity index (χ4v) is 4.31. The van der Waals surface area contributed by atoms with E-state index in [1.165, 1.54) is 20.9 Å². The van der Waals surface area contributed by atoms with Crippen molar-refractivity contribution in [2.24, 2.45) is 0 Å². The van der Waals surface area contributed by atoms with Gasteiger partial charge in [-0.05, 0) is 53.7 Å². The van der Waals surface area contributed by atoms with Gasteiger partial charge < -0.3 is 0 Å². The van der Waals surface area contributed by atoms with Crippen LogP contribution in [0.1, 0.15) is 21.7 Å². The Balaban J connectivity index is 2.30. The minimum absolute atomic E-state index is 0.482. The molecule has 3 rings (SSSR count). The molecule has 0 aliphatic heterocycles. The average Bonchev–Trinajstić information content (AvgIpc) is 2.48. The summed E-state index contributed by atoms with van der Waals surface area (Å²) in [6.45, 7) is 2.13. The standard InChI is InChI=1S/C12H10BrClN2S/c1-6-11(13)10-8(17-6)4-2-3-7-5-9(14)15-16-12(7)10/h5H,2-4H2,1H3. The maximum atomic E-state index is 5.92. The van der Waals surface area contributed by atoms with Crippen molar-refractivity contribution in [3.05, 3.63) is 31.0 Å². The molecule has 2 nitrogen and oxygen atoms in total. The molecule has 0 spiro atoms. The Hall–Kier alpha value is -0.450. The van der Waals surface area contributed by atoms with Crippen LogP contribution in [-0.2, 0) is 12.8 Å². The van der Waals surface area contributed by atoms with Crippen LogP contribution in [-0.4, -0.2) is 10.2 Å². The molecule has 0 bridgehead atoms. The molecule has 1 aliphatic carbocycles. The molecule has 2 aromatic rings. The predicted molar refractivity (Wildman–Crippen MR) is 74.8 cm³/mol. The van der Waals surface area contributed by atoms with Gasteiger partial charge in [0, 0.05) is 19.8 Å². The van der Waals surface area contributed by atoms with E-state index in [0.717, 1.165) is 29.4 Å². The van der Waals surface area contributed by atoms with Gasteiger partial charge in [-0.2, -0.15) is 0 Å². The Kier molecular flexibility index (Phi) is 2.97. The summed E-state index contributed by atoms with van der Waals surface area (Å²) in [5, 5.41) is 8.75. The van der Waals surface area contributed by atoms with Crippen LogP contribution >= 0.6 is 38.9 Å². The first-order valence-electron chi connectivity index (χ1n) is 5.47. The van der Waals surface area contributed by atoms with Gasteiger partial charge in [0.05, 0.1) is 5.69 Å². The van der Waals surface area contributed by atoms with Crippen molar-refractivity contribution in [2.75, 3.05) is 0 Å². The van der Waals surface area contributed by atoms with Gasteiger partial charge in [-0.25, -0.2) is 0 Å². The van der Waals surface area contributed by atoms with E-state index in [9.17, 15) is 0 Å². The van der Waals surface area contributed by atoms with E-state index in [1.807, 2.05) is 17.4 Å². The van der Waals surface area contributed by atoms with Gasteiger partial charge in [-0.15, -0.1) is 21.5 Å². The van der Waals surface area contributed by atoms with E-state index in [0.29, 0.717) is 5.15 Å². The van der Waals surface area contributed by atoms with Gasteiger partial charge in [0.15, 0.2) is 5.15 Å². The summed E-state index contributed by atoms with van der Waals surface area (Å²) < 4.78 is 1.16. The molecule has 1 aliphatic rings. The van der Waals surface area contributed by atoms with E-state index in [-0.39, 0.29) is 0 Å². The minimum Gasteiger partial charge on any atom is -0.149 e. The number of aryl methyl sites for hydroxylation is 3. The first kappa shape index (κ1) is 11.6. The molecule has 88 valence electrons. The molecule has 0 aromatic carbocycles. The summed E-state index contributed by atoms with van der Waals surface area (Å²) in [7, 11) is 0. The second-order valence-corrected chi connectivity index (χ2v) is 6.65. The third-order valence-corrected chi connectivity index (χ3v) is 5.62. The van der Waals surface area contributed by atoms with Gasteiger partial charge in [-0.3, -0.25) is 0 Å². The van der Waals surface area contributed by atoms with Gasteiger partial charge in [0.2, 0.25) is 0 Å². The van der Waals surface area contributed by atoms with Crippen molar-refractivity contribution < 1.29 is 0 Å². The van der Waals surface area contributed by atoms with Crippen LogP contribution in [0.25, 0.3) is 11.3 Å². The maximum absolute atomic E-state index is 5.92. The van der Waals surface area contributed by atoms with E-state index in [4.69, 9.17) is 11.6 Å². The number of thiophene rings is 1. The Labute approximate surface area is 117 Å². The second-order valence-electron chi connectivity index (χ2n) is 4.16. The summed E-state index contributed by atoms with van der Waals surface area (Å²) in [6.07, 6.45) is 3.28. The molecule has 0 radical (unpaired) electrons. The largest absolute Gasteiger partial charge is 0.152 e. The Bertz CT molecular complexity index is 594. The lowest BCUT2D eigenvalue weighted by molar-refractivity contribution is 0.837. The lowest BCUT2D eigenvalue weighted by Crippen LogP contribution is -1.94. The molecule has 0 saturated heterocycles. The monoisotopic (exact) mass is 328 g/mol. The zero-order valence-electron chi connectivity index (χ0n) is 9.26. The normalized spacial score (nSPS) is 14.1. The summed E-state index contributed by atoms with van der Waals surface area (Å²) in [6, 6.07) is 1.94. The van der Waals surface area contributed by atoms with E-state index in [2.05, 4.69) is 33.1 Å². The highest BCUT2D eigenvalue weighted by Crippen LogP contribution is 2.43. The average molecular weight is 330 g/mol. The van der Waals surface area contributed by atoms with Gasteiger partial charge in [0.25, 0.3) is 0 Å². The number of rotatable bonds is 0. The third kappa shape index (κ3) is 1.92. The Morgan fingerprint density at radius 1 is 1.35 bits per heavy atom. The summed E-state index contributed by atoms with van der Waals surface area (Å²) in [4.78, 5) is 2.71. The predicted octanol–water partition coefficient (Wildman–Crippen LogP) is 4.42. The van der Waals surface area contributed by atoms with Gasteiger partial charge >= 0.3 is 0 Å². The molecule has 5 heteroatoms. The number of halogens is 2. The number of fused-ring (bicyclic) bond motifs is 3. The molecular weight excluding hydrogens is 320 g/mol. The van der Waals surface area contributed by atoms with Crippen LogP contribution in [0.15, 0.2) is 10.5 Å². The lowest BCUT2D eigenvalue weighted by Gasteiger charge is -2.05. The van der Waals surface area contributed by atoms with Crippen molar-refractivity contribution in [1.29, 1.82) is 0 Å². The molecule has 0 atom stereocenters. The molecule has 2 heterocycles. The zero-order valence-corrected chi connectivity index (χ0v) is 12.4. The molecule has 0 N–H and O–H groups in total. The zero-order chi connectivity index (χ0) is 12.0. The van der Waals surface area contributed by atoms with E-state index in [1.54, 1.807) is 0 Å². The molecule has 0 amide bonds. The van der Waals surface area contributed by atoms with E-state index < -0.39 is 0 Å². The molecule has 0 unspecified atom stereocenters. The highest BCUT2D eigenvalue weighted by atomic mass is 79.9. The lowest BCUT2D eigenvalue weighted by atomic mass is 10.1. The molecule has 2 aromatic heterocycles. The van der Waals surface area contributed by atoms with Crippen LogP contribution < -0.4 is 0 Å². The van der Waals surface area contributed by atoms with Crippen LogP contribution in [0, 0.1) is 6.92 Å². The van der Waals surface area contributed by atoms with Crippen molar-refractivity contribution in [3.8, 4) is 11.3 Å². The fourth-order valence-electron chi connectivity index (χ4n) is 2.23. The molecular formula is C12H10BrClN2S. The minimum atomic E-state index is 0.482. The summed E-state index contributed by atoms with van der Waals surface area (Å²) in [5.41, 5.74) is 3.43. The van der Waals surface area contributed by atoms with Crippen LogP contribution in [0.4, 0.5) is 0 Å². The molecule has 0 fully saturated rings. The highest BCUT2D eigenvalue weighted by molar-refractivity contribution is 9.10. The SMILES string of the molecule is Cc1sc2c(c1Br)-c1nnc(Cl)cc1CCC2. The number of hydrogen-bond donors (Lipinski definition) is 0. The Morgan fingerprint density at radius 3 is 3.00 bits per heavy atom. The smallest absolute Gasteiger partial charge is 0.149 e. The third-order valence-electron chi connectivity index (χ3n) is 3.01. The Morgan fingerprint density at radius 2 is 2.18 bits per heavy atom. The molecule has 0 saturated carbocycles. The second kappa shape index (κ2) is 4.34. The van der Waals surface area contributed by atoms with Gasteiger partial charge in [0.1, 0.15) is 0 Å².